The molecule has 0 aromatic heterocycles. The average Bonchev–Trinajstić information content (AvgIpc) is 2.95. The topological polar surface area (TPSA) is 119 Å². The normalized spacial score (nSPS) is 17.7. The monoisotopic (exact) mass is 559 g/mol. The first kappa shape index (κ1) is 29.8. The number of rotatable bonds is 10. The summed E-state index contributed by atoms with van der Waals surface area (Å²) in [5.74, 6) is -1.06. The first-order chi connectivity index (χ1) is 19.6. The van der Waals surface area contributed by atoms with Crippen molar-refractivity contribution < 1.29 is 29.3 Å². The minimum Gasteiger partial charge on any atom is -0.488 e. The molecule has 2 amide bonds. The zero-order chi connectivity index (χ0) is 29.5. The number of carboxylic acids is 1. The fourth-order valence-electron chi connectivity index (χ4n) is 4.94. The molecule has 3 aromatic rings. The molecule has 0 saturated heterocycles. The Morgan fingerprint density at radius 3 is 2.44 bits per heavy atom. The molecule has 0 aliphatic carbocycles. The molecule has 0 bridgehead atoms. The predicted octanol–water partition coefficient (Wildman–Crippen LogP) is 3.92. The number of amides is 2. The van der Waals surface area contributed by atoms with Gasteiger partial charge in [0.05, 0.1) is 30.2 Å². The van der Waals surface area contributed by atoms with E-state index in [0.29, 0.717) is 36.6 Å². The van der Waals surface area contributed by atoms with Crippen LogP contribution in [0.1, 0.15) is 45.7 Å². The Bertz CT molecular complexity index is 1360. The molecule has 0 saturated carbocycles. The number of likely N-dealkylation sites (N-methyl/N-ethyl adjacent to an activating group) is 1. The second kappa shape index (κ2) is 13.4. The van der Waals surface area contributed by atoms with Crippen molar-refractivity contribution in [3.05, 3.63) is 95.1 Å². The lowest BCUT2D eigenvalue weighted by atomic mass is 9.99. The standard InChI is InChI=1S/C32H37N3O6/c1-21-17-35(22(2)20-36)31(38)27-16-26(33-30(37)15-23-7-5-4-6-8-23)13-14-28(27)41-29(21)19-34(3)18-24-9-11-25(12-10-24)32(39)40/h4-14,16,21-22,29,36H,15,17-20H2,1-3H3,(H,33,37)(H,39,40)/t21-,22+,29-/m0/s1. The number of carbonyl (C=O) groups excluding carboxylic acids is 2. The Labute approximate surface area is 240 Å². The summed E-state index contributed by atoms with van der Waals surface area (Å²) in [6.07, 6.45) is -0.0712. The number of nitrogens with zero attached hydrogens (tertiary/aromatic N) is 2. The van der Waals surface area contributed by atoms with Crippen molar-refractivity contribution in [2.75, 3.05) is 32.1 Å². The van der Waals surface area contributed by atoms with Gasteiger partial charge in [0.15, 0.2) is 0 Å². The fourth-order valence-corrected chi connectivity index (χ4v) is 4.94. The highest BCUT2D eigenvalue weighted by Crippen LogP contribution is 2.31. The van der Waals surface area contributed by atoms with Gasteiger partial charge in [-0.1, -0.05) is 49.4 Å². The van der Waals surface area contributed by atoms with Gasteiger partial charge in [0.1, 0.15) is 11.9 Å². The molecule has 3 atom stereocenters. The van der Waals surface area contributed by atoms with E-state index in [9.17, 15) is 19.5 Å². The summed E-state index contributed by atoms with van der Waals surface area (Å²) in [5.41, 5.74) is 2.91. The maximum atomic E-state index is 13.7. The maximum absolute atomic E-state index is 13.7. The van der Waals surface area contributed by atoms with Crippen molar-refractivity contribution in [3.63, 3.8) is 0 Å². The van der Waals surface area contributed by atoms with E-state index in [1.165, 1.54) is 0 Å². The van der Waals surface area contributed by atoms with Gasteiger partial charge in [-0.05, 0) is 55.4 Å². The van der Waals surface area contributed by atoms with E-state index < -0.39 is 12.0 Å². The van der Waals surface area contributed by atoms with Crippen molar-refractivity contribution in [1.29, 1.82) is 0 Å². The van der Waals surface area contributed by atoms with Crippen LogP contribution in [-0.2, 0) is 17.8 Å². The van der Waals surface area contributed by atoms with E-state index in [1.54, 1.807) is 54.3 Å². The fraction of sp³-hybridized carbons (Fsp3) is 0.344. The number of carboxylic acid groups (broad SMARTS) is 1. The van der Waals surface area contributed by atoms with Crippen LogP contribution in [0.5, 0.6) is 5.75 Å². The number of anilines is 1. The first-order valence-electron chi connectivity index (χ1n) is 13.7. The molecule has 1 heterocycles. The lowest BCUT2D eigenvalue weighted by Gasteiger charge is -2.38. The molecule has 4 rings (SSSR count). The summed E-state index contributed by atoms with van der Waals surface area (Å²) in [5, 5.41) is 22.0. The smallest absolute Gasteiger partial charge is 0.335 e. The van der Waals surface area contributed by atoms with Crippen LogP contribution in [0.3, 0.4) is 0 Å². The number of nitrogens with one attached hydrogen (secondary N) is 1. The number of benzene rings is 3. The predicted molar refractivity (Wildman–Crippen MR) is 156 cm³/mol. The Morgan fingerprint density at radius 2 is 1.78 bits per heavy atom. The van der Waals surface area contributed by atoms with Crippen molar-refractivity contribution in [2.24, 2.45) is 5.92 Å². The first-order valence-corrected chi connectivity index (χ1v) is 13.7. The third-order valence-electron chi connectivity index (χ3n) is 7.30. The van der Waals surface area contributed by atoms with Crippen molar-refractivity contribution >= 4 is 23.5 Å². The average molecular weight is 560 g/mol. The molecular weight excluding hydrogens is 522 g/mol. The highest BCUT2D eigenvalue weighted by atomic mass is 16.5. The minimum absolute atomic E-state index is 0.0526. The molecule has 9 nitrogen and oxygen atoms in total. The van der Waals surface area contributed by atoms with Crippen LogP contribution < -0.4 is 10.1 Å². The van der Waals surface area contributed by atoms with Crippen LogP contribution in [0, 0.1) is 5.92 Å². The van der Waals surface area contributed by atoms with Crippen LogP contribution in [0.25, 0.3) is 0 Å². The summed E-state index contributed by atoms with van der Waals surface area (Å²) in [4.78, 5) is 41.3. The zero-order valence-corrected chi connectivity index (χ0v) is 23.6. The highest BCUT2D eigenvalue weighted by molar-refractivity contribution is 6.00. The van der Waals surface area contributed by atoms with Gasteiger partial charge >= 0.3 is 5.97 Å². The van der Waals surface area contributed by atoms with Gasteiger partial charge in [-0.2, -0.15) is 0 Å². The lowest BCUT2D eigenvalue weighted by Crippen LogP contribution is -2.49. The summed E-state index contributed by atoms with van der Waals surface area (Å²) in [6, 6.07) is 20.9. The lowest BCUT2D eigenvalue weighted by molar-refractivity contribution is -0.115. The van der Waals surface area contributed by atoms with Crippen LogP contribution >= 0.6 is 0 Å². The van der Waals surface area contributed by atoms with Crippen LogP contribution in [0.2, 0.25) is 0 Å². The van der Waals surface area contributed by atoms with Crippen molar-refractivity contribution in [2.45, 2.75) is 39.0 Å². The number of fused-ring (bicyclic) bond motifs is 1. The van der Waals surface area contributed by atoms with Crippen LogP contribution in [0.4, 0.5) is 5.69 Å². The third kappa shape index (κ3) is 7.71. The molecule has 0 spiro atoms. The summed E-state index contributed by atoms with van der Waals surface area (Å²) >= 11 is 0. The number of aromatic carboxylic acids is 1. The number of hydrogen-bond acceptors (Lipinski definition) is 6. The minimum atomic E-state index is -0.963. The third-order valence-corrected chi connectivity index (χ3v) is 7.30. The Morgan fingerprint density at radius 1 is 1.07 bits per heavy atom. The summed E-state index contributed by atoms with van der Waals surface area (Å²) in [7, 11) is 1.96. The molecule has 41 heavy (non-hydrogen) atoms. The molecule has 3 N–H and O–H groups in total. The Balaban J connectivity index is 1.54. The second-order valence-corrected chi connectivity index (χ2v) is 10.7. The zero-order valence-electron chi connectivity index (χ0n) is 23.6. The van der Waals surface area contributed by atoms with E-state index in [2.05, 4.69) is 10.2 Å². The summed E-state index contributed by atoms with van der Waals surface area (Å²) in [6.45, 7) is 5.16. The van der Waals surface area contributed by atoms with Gasteiger partial charge < -0.3 is 25.2 Å². The van der Waals surface area contributed by atoms with Crippen LogP contribution in [0.15, 0.2) is 72.8 Å². The molecule has 216 valence electrons. The highest BCUT2D eigenvalue weighted by Gasteiger charge is 2.33. The SMILES string of the molecule is C[C@H](CO)N1C[C@H](C)[C@H](CN(C)Cc2ccc(C(=O)O)cc2)Oc2ccc(NC(=O)Cc3ccccc3)cc2C1=O. The van der Waals surface area contributed by atoms with E-state index in [1.807, 2.05) is 44.3 Å². The molecule has 0 unspecified atom stereocenters. The van der Waals surface area contributed by atoms with E-state index in [0.717, 1.165) is 11.1 Å². The molecule has 9 heteroatoms. The Hall–Kier alpha value is -4.21. The number of aliphatic hydroxyl groups is 1. The van der Waals surface area contributed by atoms with Gasteiger partial charge in [-0.25, -0.2) is 4.79 Å². The molecule has 0 radical (unpaired) electrons. The Kier molecular flexibility index (Phi) is 9.75. The van der Waals surface area contributed by atoms with Crippen molar-refractivity contribution in [1.82, 2.24) is 9.80 Å². The number of carbonyl (C=O) groups is 3. The van der Waals surface area contributed by atoms with E-state index in [4.69, 9.17) is 9.84 Å². The van der Waals surface area contributed by atoms with Crippen LogP contribution in [-0.4, -0.2) is 76.7 Å². The number of ether oxygens (including phenoxy) is 1. The molecule has 1 aliphatic rings. The molecule has 0 fully saturated rings. The number of aliphatic hydroxyl groups excluding tert-OH is 1. The maximum Gasteiger partial charge on any atom is 0.335 e. The van der Waals surface area contributed by atoms with E-state index >= 15 is 0 Å². The largest absolute Gasteiger partial charge is 0.488 e. The number of hydrogen-bond donors (Lipinski definition) is 3. The molecular formula is C32H37N3O6. The van der Waals surface area contributed by atoms with Gasteiger partial charge in [0.2, 0.25) is 5.91 Å². The van der Waals surface area contributed by atoms with Gasteiger partial charge in [0, 0.05) is 31.2 Å². The molecule has 1 aliphatic heterocycles. The van der Waals surface area contributed by atoms with Gasteiger partial charge in [0.25, 0.3) is 5.91 Å². The van der Waals surface area contributed by atoms with Crippen molar-refractivity contribution in [3.8, 4) is 5.75 Å². The summed E-state index contributed by atoms with van der Waals surface area (Å²) < 4.78 is 6.45. The van der Waals surface area contributed by atoms with Gasteiger partial charge in [-0.15, -0.1) is 0 Å². The van der Waals surface area contributed by atoms with E-state index in [-0.39, 0.29) is 42.4 Å². The second-order valence-electron chi connectivity index (χ2n) is 10.7. The van der Waals surface area contributed by atoms with Gasteiger partial charge in [-0.3, -0.25) is 14.5 Å². The molecule has 3 aromatic carbocycles. The quantitative estimate of drug-likeness (QED) is 0.345.